The molecule has 1 heterocycles. The summed E-state index contributed by atoms with van der Waals surface area (Å²) >= 11 is 0. The fourth-order valence-corrected chi connectivity index (χ4v) is 2.08. The normalized spacial score (nSPS) is 10.5. The first-order chi connectivity index (χ1) is 12.7. The van der Waals surface area contributed by atoms with Crippen molar-refractivity contribution in [3.63, 3.8) is 0 Å². The van der Waals surface area contributed by atoms with E-state index in [1.807, 2.05) is 18.2 Å². The number of nitriles is 1. The molecule has 0 bridgehead atoms. The van der Waals surface area contributed by atoms with Gasteiger partial charge in [-0.15, -0.1) is 0 Å². The Labute approximate surface area is 151 Å². The van der Waals surface area contributed by atoms with Crippen LogP contribution < -0.4 is 10.6 Å². The van der Waals surface area contributed by atoms with Crippen LogP contribution in [0.15, 0.2) is 60.4 Å². The number of hydrogen-bond donors (Lipinski definition) is 2. The summed E-state index contributed by atoms with van der Waals surface area (Å²) in [6, 6.07) is 13.8. The first-order valence-corrected chi connectivity index (χ1v) is 7.96. The van der Waals surface area contributed by atoms with Crippen LogP contribution in [0.5, 0.6) is 0 Å². The number of aromatic nitrogens is 1. The number of nitrogens with one attached hydrogen (secondary N) is 2. The van der Waals surface area contributed by atoms with Crippen LogP contribution in [0.3, 0.4) is 0 Å². The highest BCUT2D eigenvalue weighted by Crippen LogP contribution is 2.17. The van der Waals surface area contributed by atoms with Gasteiger partial charge in [0.15, 0.2) is 0 Å². The molecule has 0 unspecified atom stereocenters. The number of para-hydroxylation sites is 1. The van der Waals surface area contributed by atoms with Gasteiger partial charge in [-0.2, -0.15) is 5.26 Å². The maximum absolute atomic E-state index is 12.3. The van der Waals surface area contributed by atoms with Crippen LogP contribution in [0.2, 0.25) is 0 Å². The molecule has 0 atom stereocenters. The largest absolute Gasteiger partial charge is 0.462 e. The number of hydrogen-bond acceptors (Lipinski definition) is 6. The predicted octanol–water partition coefficient (Wildman–Crippen LogP) is 2.39. The van der Waals surface area contributed by atoms with Gasteiger partial charge < -0.3 is 15.4 Å². The van der Waals surface area contributed by atoms with E-state index in [1.54, 1.807) is 43.5 Å². The van der Waals surface area contributed by atoms with Crippen LogP contribution in [-0.2, 0) is 16.1 Å². The molecule has 132 valence electrons. The summed E-state index contributed by atoms with van der Waals surface area (Å²) in [5.74, 6) is -1.17. The minimum absolute atomic E-state index is 0.125. The van der Waals surface area contributed by atoms with Crippen molar-refractivity contribution in [1.82, 2.24) is 10.3 Å². The molecule has 0 saturated heterocycles. The second kappa shape index (κ2) is 9.59. The van der Waals surface area contributed by atoms with Crippen LogP contribution in [0.25, 0.3) is 0 Å². The average Bonchev–Trinajstić information content (AvgIpc) is 2.66. The quantitative estimate of drug-likeness (QED) is 0.451. The molecule has 26 heavy (non-hydrogen) atoms. The molecule has 2 N–H and O–H groups in total. The van der Waals surface area contributed by atoms with Crippen LogP contribution in [0.1, 0.15) is 23.0 Å². The molecular formula is C19H18N4O3. The van der Waals surface area contributed by atoms with Gasteiger partial charge in [0.2, 0.25) is 0 Å². The second-order valence-corrected chi connectivity index (χ2v) is 5.09. The number of rotatable bonds is 7. The first-order valence-electron chi connectivity index (χ1n) is 7.96. The fourth-order valence-electron chi connectivity index (χ4n) is 2.08. The van der Waals surface area contributed by atoms with Crippen LogP contribution in [0, 0.1) is 11.3 Å². The molecule has 7 nitrogen and oxygen atoms in total. The smallest absolute Gasteiger partial charge is 0.340 e. The molecule has 2 rings (SSSR count). The Morgan fingerprint density at radius 2 is 2.00 bits per heavy atom. The van der Waals surface area contributed by atoms with Gasteiger partial charge in [-0.3, -0.25) is 9.78 Å². The van der Waals surface area contributed by atoms with Crippen molar-refractivity contribution in [2.45, 2.75) is 13.5 Å². The van der Waals surface area contributed by atoms with E-state index in [0.29, 0.717) is 6.54 Å². The van der Waals surface area contributed by atoms with Gasteiger partial charge in [-0.25, -0.2) is 4.79 Å². The van der Waals surface area contributed by atoms with Gasteiger partial charge in [0.25, 0.3) is 5.91 Å². The molecule has 1 aromatic carbocycles. The third-order valence-corrected chi connectivity index (χ3v) is 3.29. The number of esters is 1. The third-order valence-electron chi connectivity index (χ3n) is 3.29. The summed E-state index contributed by atoms with van der Waals surface area (Å²) in [4.78, 5) is 28.4. The van der Waals surface area contributed by atoms with E-state index in [-0.39, 0.29) is 23.4 Å². The van der Waals surface area contributed by atoms with Crippen molar-refractivity contribution in [2.24, 2.45) is 0 Å². The van der Waals surface area contributed by atoms with Gasteiger partial charge >= 0.3 is 5.97 Å². The molecule has 0 aliphatic rings. The van der Waals surface area contributed by atoms with Gasteiger partial charge in [-0.1, -0.05) is 18.2 Å². The summed E-state index contributed by atoms with van der Waals surface area (Å²) in [7, 11) is 0. The summed E-state index contributed by atoms with van der Waals surface area (Å²) in [5, 5.41) is 14.6. The Balaban J connectivity index is 2.06. The fraction of sp³-hybridized carbons (Fsp3) is 0.158. The monoisotopic (exact) mass is 350 g/mol. The van der Waals surface area contributed by atoms with Crippen molar-refractivity contribution in [1.29, 1.82) is 5.26 Å². The zero-order valence-corrected chi connectivity index (χ0v) is 14.2. The van der Waals surface area contributed by atoms with E-state index in [9.17, 15) is 14.9 Å². The third kappa shape index (κ3) is 5.18. The molecule has 0 fully saturated rings. The molecule has 2 aromatic rings. The van der Waals surface area contributed by atoms with Crippen molar-refractivity contribution in [2.75, 3.05) is 11.9 Å². The van der Waals surface area contributed by atoms with E-state index in [4.69, 9.17) is 4.74 Å². The van der Waals surface area contributed by atoms with Crippen molar-refractivity contribution in [3.8, 4) is 6.07 Å². The molecule has 0 aliphatic carbocycles. The number of carbonyl (C=O) groups excluding carboxylic acids is 2. The summed E-state index contributed by atoms with van der Waals surface area (Å²) < 4.78 is 4.96. The highest BCUT2D eigenvalue weighted by molar-refractivity contribution is 6.09. The summed E-state index contributed by atoms with van der Waals surface area (Å²) in [6.45, 7) is 2.30. The molecule has 0 spiro atoms. The van der Waals surface area contributed by atoms with E-state index in [2.05, 4.69) is 15.6 Å². The molecule has 0 saturated carbocycles. The molecule has 0 radical (unpaired) electrons. The van der Waals surface area contributed by atoms with Gasteiger partial charge in [-0.05, 0) is 31.2 Å². The van der Waals surface area contributed by atoms with Crippen molar-refractivity contribution in [3.05, 3.63) is 71.7 Å². The maximum atomic E-state index is 12.3. The minimum Gasteiger partial charge on any atom is -0.462 e. The van der Waals surface area contributed by atoms with Gasteiger partial charge in [0.05, 0.1) is 30.1 Å². The Kier molecular flexibility index (Phi) is 6.89. The van der Waals surface area contributed by atoms with Gasteiger partial charge in [0, 0.05) is 12.4 Å². The minimum atomic E-state index is -0.627. The highest BCUT2D eigenvalue weighted by Gasteiger charge is 2.16. The molecule has 0 aliphatic heterocycles. The average molecular weight is 350 g/mol. The Bertz CT molecular complexity index is 841. The standard InChI is InChI=1S/C19H18N4O3/c1-2-26-19(25)16-8-3-4-9-17(16)23-18(24)14(11-20)12-21-13-15-7-5-6-10-22-15/h3-10,12,21H,2,13H2,1H3,(H,23,24)/b14-12-. The number of benzene rings is 1. The number of ether oxygens (including phenoxy) is 1. The van der Waals surface area contributed by atoms with Gasteiger partial charge in [0.1, 0.15) is 11.6 Å². The predicted molar refractivity (Wildman–Crippen MR) is 95.8 cm³/mol. The number of pyridine rings is 1. The lowest BCUT2D eigenvalue weighted by atomic mass is 10.1. The molecule has 1 aromatic heterocycles. The van der Waals surface area contributed by atoms with Crippen LogP contribution in [-0.4, -0.2) is 23.5 Å². The topological polar surface area (TPSA) is 104 Å². The SMILES string of the molecule is CCOC(=O)c1ccccc1NC(=O)/C(C#N)=C\NCc1ccccn1. The van der Waals surface area contributed by atoms with Crippen molar-refractivity contribution >= 4 is 17.6 Å². The lowest BCUT2D eigenvalue weighted by molar-refractivity contribution is -0.112. The lowest BCUT2D eigenvalue weighted by Crippen LogP contribution is -2.19. The van der Waals surface area contributed by atoms with Crippen molar-refractivity contribution < 1.29 is 14.3 Å². The highest BCUT2D eigenvalue weighted by atomic mass is 16.5. The van der Waals surface area contributed by atoms with E-state index in [1.165, 1.54) is 6.20 Å². The number of anilines is 1. The Morgan fingerprint density at radius 3 is 2.69 bits per heavy atom. The summed E-state index contributed by atoms with van der Waals surface area (Å²) in [6.07, 6.45) is 2.97. The number of amides is 1. The second-order valence-electron chi connectivity index (χ2n) is 5.09. The zero-order chi connectivity index (χ0) is 18.8. The van der Waals surface area contributed by atoms with Crippen LogP contribution in [0.4, 0.5) is 5.69 Å². The number of carbonyl (C=O) groups is 2. The Morgan fingerprint density at radius 1 is 1.23 bits per heavy atom. The Hall–Kier alpha value is -3.66. The summed E-state index contributed by atoms with van der Waals surface area (Å²) in [5.41, 5.74) is 1.15. The van der Waals surface area contributed by atoms with E-state index in [0.717, 1.165) is 5.69 Å². The maximum Gasteiger partial charge on any atom is 0.340 e. The van der Waals surface area contributed by atoms with E-state index < -0.39 is 11.9 Å². The number of nitrogens with zero attached hydrogens (tertiary/aromatic N) is 2. The molecular weight excluding hydrogens is 332 g/mol. The molecule has 7 heteroatoms. The lowest BCUT2D eigenvalue weighted by Gasteiger charge is -2.10. The zero-order valence-electron chi connectivity index (χ0n) is 14.2. The van der Waals surface area contributed by atoms with E-state index >= 15 is 0 Å². The first kappa shape index (κ1) is 18.7. The van der Waals surface area contributed by atoms with Crippen LogP contribution >= 0.6 is 0 Å². The molecule has 1 amide bonds.